The van der Waals surface area contributed by atoms with Gasteiger partial charge in [-0.3, -0.25) is 14.9 Å². The van der Waals surface area contributed by atoms with Gasteiger partial charge in [0.1, 0.15) is 5.82 Å². The number of carbonyl (C=O) groups excluding carboxylic acids is 1. The minimum absolute atomic E-state index is 0.149. The number of fused-ring (bicyclic) bond motifs is 1. The van der Waals surface area contributed by atoms with Crippen molar-refractivity contribution in [3.63, 3.8) is 0 Å². The number of aromatic amines is 1. The summed E-state index contributed by atoms with van der Waals surface area (Å²) in [5.74, 6) is 1.14. The van der Waals surface area contributed by atoms with E-state index in [9.17, 15) is 4.79 Å². The van der Waals surface area contributed by atoms with E-state index >= 15 is 0 Å². The number of rotatable bonds is 3. The summed E-state index contributed by atoms with van der Waals surface area (Å²) in [6.07, 6.45) is 0. The van der Waals surface area contributed by atoms with Crippen molar-refractivity contribution in [2.75, 3.05) is 0 Å². The van der Waals surface area contributed by atoms with E-state index in [4.69, 9.17) is 0 Å². The Balaban J connectivity index is 1.91. The number of nitrogens with zero attached hydrogens (tertiary/aromatic N) is 3. The molecule has 3 aromatic rings. The summed E-state index contributed by atoms with van der Waals surface area (Å²) >= 11 is 0. The lowest BCUT2D eigenvalue weighted by molar-refractivity contribution is 0.0951. The first-order chi connectivity index (χ1) is 10.5. The zero-order valence-corrected chi connectivity index (χ0v) is 12.8. The lowest BCUT2D eigenvalue weighted by Gasteiger charge is -2.09. The van der Waals surface area contributed by atoms with Gasteiger partial charge in [-0.15, -0.1) is 0 Å². The number of carbonyl (C=O) groups is 1. The van der Waals surface area contributed by atoms with Crippen LogP contribution in [0.3, 0.4) is 0 Å². The van der Waals surface area contributed by atoms with Crippen LogP contribution in [0, 0.1) is 20.8 Å². The predicted octanol–water partition coefficient (Wildman–Crippen LogP) is 2.21. The molecule has 2 heterocycles. The van der Waals surface area contributed by atoms with Gasteiger partial charge in [0.2, 0.25) is 0 Å². The molecule has 0 aliphatic carbocycles. The predicted molar refractivity (Wildman–Crippen MR) is 83.5 cm³/mol. The molecule has 0 spiro atoms. The summed E-state index contributed by atoms with van der Waals surface area (Å²) in [4.78, 5) is 21.1. The van der Waals surface area contributed by atoms with Gasteiger partial charge < -0.3 is 5.32 Å². The van der Waals surface area contributed by atoms with Crippen molar-refractivity contribution in [2.24, 2.45) is 0 Å². The Bertz CT molecular complexity index is 853. The molecule has 6 nitrogen and oxygen atoms in total. The summed E-state index contributed by atoms with van der Waals surface area (Å²) in [6.45, 7) is 5.99. The number of nitrogens with one attached hydrogen (secondary N) is 2. The van der Waals surface area contributed by atoms with E-state index in [2.05, 4.69) is 25.5 Å². The van der Waals surface area contributed by atoms with E-state index in [1.165, 1.54) is 0 Å². The zero-order valence-electron chi connectivity index (χ0n) is 12.8. The zero-order chi connectivity index (χ0) is 15.7. The molecule has 1 aromatic carbocycles. The van der Waals surface area contributed by atoms with Gasteiger partial charge in [0, 0.05) is 11.1 Å². The fourth-order valence-electron chi connectivity index (χ4n) is 2.38. The lowest BCUT2D eigenvalue weighted by atomic mass is 10.0. The topological polar surface area (TPSA) is 83.6 Å². The van der Waals surface area contributed by atoms with Crippen LogP contribution in [0.15, 0.2) is 24.3 Å². The van der Waals surface area contributed by atoms with Gasteiger partial charge in [0.05, 0.1) is 17.6 Å². The molecule has 0 radical (unpaired) electrons. The molecule has 0 unspecified atom stereocenters. The van der Waals surface area contributed by atoms with Crippen LogP contribution in [-0.2, 0) is 6.54 Å². The van der Waals surface area contributed by atoms with Crippen LogP contribution in [0.25, 0.3) is 10.9 Å². The number of H-pyrrole nitrogens is 1. The molecule has 0 saturated carbocycles. The average molecular weight is 295 g/mol. The van der Waals surface area contributed by atoms with E-state index in [0.29, 0.717) is 11.4 Å². The Morgan fingerprint density at radius 2 is 2.00 bits per heavy atom. The Kier molecular flexibility index (Phi) is 3.58. The Hall–Kier alpha value is -2.76. The summed E-state index contributed by atoms with van der Waals surface area (Å²) < 4.78 is 0. The molecule has 0 bridgehead atoms. The quantitative estimate of drug-likeness (QED) is 0.776. The molecule has 2 N–H and O–H groups in total. The fourth-order valence-corrected chi connectivity index (χ4v) is 2.38. The molecule has 112 valence electrons. The van der Waals surface area contributed by atoms with Crippen molar-refractivity contribution in [1.82, 2.24) is 25.5 Å². The maximum atomic E-state index is 12.5. The van der Waals surface area contributed by atoms with Crippen LogP contribution < -0.4 is 5.32 Å². The molecular weight excluding hydrogens is 278 g/mol. The number of amides is 1. The van der Waals surface area contributed by atoms with E-state index in [1.54, 1.807) is 6.07 Å². The van der Waals surface area contributed by atoms with Crippen LogP contribution >= 0.6 is 0 Å². The molecule has 0 aliphatic rings. The van der Waals surface area contributed by atoms with Crippen LogP contribution in [0.5, 0.6) is 0 Å². The monoisotopic (exact) mass is 295 g/mol. The molecule has 1 amide bonds. The first-order valence-electron chi connectivity index (χ1n) is 7.07. The highest BCUT2D eigenvalue weighted by atomic mass is 16.1. The standard InChI is InChI=1S/C16H17N5O/c1-9-4-5-14-12(6-9)13(7-10(2)18-14)16(22)17-8-15-19-11(3)20-21-15/h4-7H,8H2,1-3H3,(H,17,22)(H,19,20,21). The summed E-state index contributed by atoms with van der Waals surface area (Å²) in [5, 5.41) is 10.5. The highest BCUT2D eigenvalue weighted by Gasteiger charge is 2.13. The van der Waals surface area contributed by atoms with Crippen molar-refractivity contribution in [3.05, 3.63) is 52.7 Å². The molecular formula is C16H17N5O. The number of aryl methyl sites for hydroxylation is 3. The molecule has 0 atom stereocenters. The average Bonchev–Trinajstić information content (AvgIpc) is 2.90. The Morgan fingerprint density at radius 1 is 1.18 bits per heavy atom. The smallest absolute Gasteiger partial charge is 0.252 e. The minimum atomic E-state index is -0.149. The van der Waals surface area contributed by atoms with Crippen molar-refractivity contribution in [1.29, 1.82) is 0 Å². The number of aromatic nitrogens is 4. The van der Waals surface area contributed by atoms with Crippen molar-refractivity contribution >= 4 is 16.8 Å². The molecule has 0 aliphatic heterocycles. The van der Waals surface area contributed by atoms with E-state index in [-0.39, 0.29) is 12.5 Å². The molecule has 0 saturated heterocycles. The summed E-state index contributed by atoms with van der Waals surface area (Å²) in [5.41, 5.74) is 3.36. The highest BCUT2D eigenvalue weighted by molar-refractivity contribution is 6.06. The second kappa shape index (κ2) is 5.55. The number of hydrogen-bond acceptors (Lipinski definition) is 4. The van der Waals surface area contributed by atoms with Gasteiger partial charge in [-0.1, -0.05) is 11.6 Å². The van der Waals surface area contributed by atoms with Crippen molar-refractivity contribution in [2.45, 2.75) is 27.3 Å². The Labute approximate surface area is 128 Å². The maximum Gasteiger partial charge on any atom is 0.252 e. The first-order valence-corrected chi connectivity index (χ1v) is 7.07. The molecule has 3 rings (SSSR count). The highest BCUT2D eigenvalue weighted by Crippen LogP contribution is 2.20. The van der Waals surface area contributed by atoms with Crippen LogP contribution in [0.2, 0.25) is 0 Å². The van der Waals surface area contributed by atoms with Gasteiger partial charge in [-0.25, -0.2) is 4.98 Å². The molecule has 22 heavy (non-hydrogen) atoms. The summed E-state index contributed by atoms with van der Waals surface area (Å²) in [7, 11) is 0. The van der Waals surface area contributed by atoms with E-state index < -0.39 is 0 Å². The first kappa shape index (κ1) is 14.2. The van der Waals surface area contributed by atoms with E-state index in [1.807, 2.05) is 39.0 Å². The van der Waals surface area contributed by atoms with Crippen LogP contribution in [0.4, 0.5) is 0 Å². The van der Waals surface area contributed by atoms with Crippen LogP contribution in [-0.4, -0.2) is 26.1 Å². The molecule has 0 fully saturated rings. The summed E-state index contributed by atoms with van der Waals surface area (Å²) in [6, 6.07) is 7.72. The lowest BCUT2D eigenvalue weighted by Crippen LogP contribution is -2.24. The largest absolute Gasteiger partial charge is 0.345 e. The Morgan fingerprint density at radius 3 is 2.73 bits per heavy atom. The number of hydrogen-bond donors (Lipinski definition) is 2. The second-order valence-corrected chi connectivity index (χ2v) is 5.35. The third kappa shape index (κ3) is 2.81. The van der Waals surface area contributed by atoms with Crippen molar-refractivity contribution < 1.29 is 4.79 Å². The van der Waals surface area contributed by atoms with Gasteiger partial charge in [-0.05, 0) is 39.0 Å². The SMILES string of the molecule is Cc1ccc2nc(C)cc(C(=O)NCc3n[nH]c(C)n3)c2c1. The maximum absolute atomic E-state index is 12.5. The normalized spacial score (nSPS) is 10.9. The van der Waals surface area contributed by atoms with Gasteiger partial charge in [0.15, 0.2) is 5.82 Å². The van der Waals surface area contributed by atoms with Gasteiger partial charge >= 0.3 is 0 Å². The molecule has 2 aromatic heterocycles. The fraction of sp³-hybridized carbons (Fsp3) is 0.250. The third-order valence-electron chi connectivity index (χ3n) is 3.39. The van der Waals surface area contributed by atoms with E-state index in [0.717, 1.165) is 28.0 Å². The minimum Gasteiger partial charge on any atom is -0.345 e. The van der Waals surface area contributed by atoms with Gasteiger partial charge in [0.25, 0.3) is 5.91 Å². The van der Waals surface area contributed by atoms with Crippen LogP contribution in [0.1, 0.15) is 33.3 Å². The number of benzene rings is 1. The third-order valence-corrected chi connectivity index (χ3v) is 3.39. The number of pyridine rings is 1. The van der Waals surface area contributed by atoms with Crippen molar-refractivity contribution in [3.8, 4) is 0 Å². The van der Waals surface area contributed by atoms with Gasteiger partial charge in [-0.2, -0.15) is 5.10 Å². The second-order valence-electron chi connectivity index (χ2n) is 5.35. The molecule has 6 heteroatoms.